The zero-order chi connectivity index (χ0) is 15.1. The molecule has 1 rings (SSSR count). The number of anilines is 1. The van der Waals surface area contributed by atoms with Crippen molar-refractivity contribution in [1.29, 1.82) is 0 Å². The highest BCUT2D eigenvalue weighted by atomic mass is 35.5. The zero-order valence-corrected chi connectivity index (χ0v) is 12.0. The molecule has 1 N–H and O–H groups in total. The maximum Gasteiger partial charge on any atom is 0.354 e. The SMILES string of the molecule is COC(=O)/C=C(/Nc1cccc(Cl)c1OC)C(=O)OC. The van der Waals surface area contributed by atoms with Crippen LogP contribution in [0.3, 0.4) is 0 Å². The van der Waals surface area contributed by atoms with Gasteiger partial charge < -0.3 is 19.5 Å². The third-order valence-electron chi connectivity index (χ3n) is 2.31. The van der Waals surface area contributed by atoms with Crippen molar-refractivity contribution in [1.82, 2.24) is 0 Å². The molecular weight excluding hydrogens is 286 g/mol. The fraction of sp³-hybridized carbons (Fsp3) is 0.231. The summed E-state index contributed by atoms with van der Waals surface area (Å²) in [6.45, 7) is 0. The van der Waals surface area contributed by atoms with Crippen molar-refractivity contribution < 1.29 is 23.8 Å². The van der Waals surface area contributed by atoms with Crippen LogP contribution in [0.5, 0.6) is 5.75 Å². The van der Waals surface area contributed by atoms with Crippen LogP contribution in [0.4, 0.5) is 5.69 Å². The molecule has 0 amide bonds. The summed E-state index contributed by atoms with van der Waals surface area (Å²) in [5, 5.41) is 3.09. The molecule has 0 atom stereocenters. The number of benzene rings is 1. The third kappa shape index (κ3) is 3.89. The summed E-state index contributed by atoms with van der Waals surface area (Å²) >= 11 is 5.97. The molecule has 0 heterocycles. The van der Waals surface area contributed by atoms with Gasteiger partial charge >= 0.3 is 11.9 Å². The molecule has 6 nitrogen and oxygen atoms in total. The fourth-order valence-corrected chi connectivity index (χ4v) is 1.64. The predicted molar refractivity (Wildman–Crippen MR) is 73.7 cm³/mol. The van der Waals surface area contributed by atoms with E-state index >= 15 is 0 Å². The maximum atomic E-state index is 11.6. The summed E-state index contributed by atoms with van der Waals surface area (Å²) in [7, 11) is 3.84. The lowest BCUT2D eigenvalue weighted by Gasteiger charge is -2.13. The van der Waals surface area contributed by atoms with E-state index in [-0.39, 0.29) is 5.70 Å². The number of hydrogen-bond donors (Lipinski definition) is 1. The van der Waals surface area contributed by atoms with Gasteiger partial charge in [0, 0.05) is 0 Å². The maximum absolute atomic E-state index is 11.6. The summed E-state index contributed by atoms with van der Waals surface area (Å²) in [5.74, 6) is -1.08. The number of ether oxygens (including phenoxy) is 3. The number of methoxy groups -OCH3 is 3. The van der Waals surface area contributed by atoms with Gasteiger partial charge in [-0.05, 0) is 12.1 Å². The van der Waals surface area contributed by atoms with E-state index in [1.807, 2.05) is 0 Å². The molecule has 1 aromatic rings. The number of rotatable bonds is 5. The Labute approximate surface area is 121 Å². The Bertz CT molecular complexity index is 542. The van der Waals surface area contributed by atoms with Gasteiger partial charge in [-0.1, -0.05) is 17.7 Å². The average Bonchev–Trinajstić information content (AvgIpc) is 2.45. The van der Waals surface area contributed by atoms with E-state index < -0.39 is 11.9 Å². The molecule has 0 aliphatic rings. The molecule has 1 aromatic carbocycles. The lowest BCUT2D eigenvalue weighted by atomic mass is 10.2. The second-order valence-corrected chi connectivity index (χ2v) is 3.93. The quantitative estimate of drug-likeness (QED) is 0.662. The van der Waals surface area contributed by atoms with Crippen LogP contribution in [0.1, 0.15) is 0 Å². The van der Waals surface area contributed by atoms with Gasteiger partial charge in [0.05, 0.1) is 38.1 Å². The molecule has 7 heteroatoms. The topological polar surface area (TPSA) is 73.9 Å². The van der Waals surface area contributed by atoms with E-state index in [0.29, 0.717) is 16.5 Å². The summed E-state index contributed by atoms with van der Waals surface area (Å²) in [5.41, 5.74) is 0.320. The number of carbonyl (C=O) groups excluding carboxylic acids is 2. The summed E-state index contributed by atoms with van der Waals surface area (Å²) < 4.78 is 14.2. The number of para-hydroxylation sites is 1. The van der Waals surface area contributed by atoms with Gasteiger partial charge in [-0.3, -0.25) is 0 Å². The number of nitrogens with one attached hydrogen (secondary N) is 1. The third-order valence-corrected chi connectivity index (χ3v) is 2.61. The van der Waals surface area contributed by atoms with Crippen molar-refractivity contribution >= 4 is 29.2 Å². The average molecular weight is 300 g/mol. The molecule has 0 aliphatic heterocycles. The highest BCUT2D eigenvalue weighted by Crippen LogP contribution is 2.33. The van der Waals surface area contributed by atoms with Crippen molar-refractivity contribution in [3.8, 4) is 5.75 Å². The van der Waals surface area contributed by atoms with E-state index in [2.05, 4.69) is 14.8 Å². The molecule has 0 fully saturated rings. The first kappa shape index (κ1) is 15.8. The van der Waals surface area contributed by atoms with E-state index in [0.717, 1.165) is 6.08 Å². The van der Waals surface area contributed by atoms with Gasteiger partial charge in [-0.2, -0.15) is 0 Å². The van der Waals surface area contributed by atoms with Crippen LogP contribution in [0.25, 0.3) is 0 Å². The molecule has 0 bridgehead atoms. The molecule has 0 saturated heterocycles. The van der Waals surface area contributed by atoms with Gasteiger partial charge in [0.2, 0.25) is 0 Å². The highest BCUT2D eigenvalue weighted by Gasteiger charge is 2.16. The fourth-order valence-electron chi connectivity index (χ4n) is 1.39. The normalized spacial score (nSPS) is 10.7. The first-order chi connectivity index (χ1) is 9.53. The van der Waals surface area contributed by atoms with Gasteiger partial charge in [0.1, 0.15) is 5.70 Å². The molecule has 108 valence electrons. The van der Waals surface area contributed by atoms with Gasteiger partial charge in [-0.25, -0.2) is 9.59 Å². The van der Waals surface area contributed by atoms with Crippen LogP contribution < -0.4 is 10.1 Å². The number of esters is 2. The van der Waals surface area contributed by atoms with Crippen molar-refractivity contribution in [3.63, 3.8) is 0 Å². The molecule has 0 unspecified atom stereocenters. The molecular formula is C13H14ClNO5. The van der Waals surface area contributed by atoms with Gasteiger partial charge in [0.15, 0.2) is 5.75 Å². The molecule has 0 spiro atoms. The van der Waals surface area contributed by atoms with E-state index in [1.165, 1.54) is 21.3 Å². The number of carbonyl (C=O) groups is 2. The summed E-state index contributed by atoms with van der Waals surface area (Å²) in [6, 6.07) is 4.94. The van der Waals surface area contributed by atoms with E-state index in [1.54, 1.807) is 18.2 Å². The zero-order valence-electron chi connectivity index (χ0n) is 11.2. The second kappa shape index (κ2) is 7.40. The first-order valence-electron chi connectivity index (χ1n) is 5.51. The summed E-state index contributed by atoms with van der Waals surface area (Å²) in [6.07, 6.45) is 0.978. The minimum atomic E-state index is -0.725. The minimum absolute atomic E-state index is 0.0973. The van der Waals surface area contributed by atoms with Crippen LogP contribution in [0.2, 0.25) is 5.02 Å². The Morgan fingerprint density at radius 1 is 1.20 bits per heavy atom. The highest BCUT2D eigenvalue weighted by molar-refractivity contribution is 6.32. The molecule has 20 heavy (non-hydrogen) atoms. The van der Waals surface area contributed by atoms with Crippen molar-refractivity contribution in [2.45, 2.75) is 0 Å². The standard InChI is InChI=1S/C13H14ClNO5/c1-18-11(16)7-10(13(17)20-3)15-9-6-4-5-8(14)12(9)19-2/h4-7,15H,1-3H3/b10-7+. The second-order valence-electron chi connectivity index (χ2n) is 3.52. The van der Waals surface area contributed by atoms with Gasteiger partial charge in [-0.15, -0.1) is 0 Å². The molecule has 0 radical (unpaired) electrons. The Morgan fingerprint density at radius 3 is 2.45 bits per heavy atom. The Morgan fingerprint density at radius 2 is 1.90 bits per heavy atom. The number of halogens is 1. The Balaban J connectivity index is 3.14. The lowest BCUT2D eigenvalue weighted by Crippen LogP contribution is -2.15. The van der Waals surface area contributed by atoms with Crippen LogP contribution in [0.15, 0.2) is 30.0 Å². The molecule has 0 aliphatic carbocycles. The minimum Gasteiger partial charge on any atom is -0.493 e. The predicted octanol–water partition coefficient (Wildman–Crippen LogP) is 1.99. The molecule has 0 aromatic heterocycles. The van der Waals surface area contributed by atoms with Gasteiger partial charge in [0.25, 0.3) is 0 Å². The lowest BCUT2D eigenvalue weighted by molar-refractivity contribution is -0.138. The largest absolute Gasteiger partial charge is 0.493 e. The Hall–Kier alpha value is -2.21. The van der Waals surface area contributed by atoms with Crippen LogP contribution in [-0.4, -0.2) is 33.3 Å². The summed E-state index contributed by atoms with van der Waals surface area (Å²) in [4.78, 5) is 22.9. The monoisotopic (exact) mass is 299 g/mol. The first-order valence-corrected chi connectivity index (χ1v) is 5.88. The van der Waals surface area contributed by atoms with E-state index in [9.17, 15) is 9.59 Å². The van der Waals surface area contributed by atoms with Crippen LogP contribution in [0, 0.1) is 0 Å². The van der Waals surface area contributed by atoms with Crippen molar-refractivity contribution in [3.05, 3.63) is 35.0 Å². The number of hydrogen-bond acceptors (Lipinski definition) is 6. The van der Waals surface area contributed by atoms with Crippen molar-refractivity contribution in [2.24, 2.45) is 0 Å². The van der Waals surface area contributed by atoms with Crippen LogP contribution in [-0.2, 0) is 19.1 Å². The Kier molecular flexibility index (Phi) is 5.86. The van der Waals surface area contributed by atoms with Crippen molar-refractivity contribution in [2.75, 3.05) is 26.6 Å². The van der Waals surface area contributed by atoms with Crippen LogP contribution >= 0.6 is 11.6 Å². The molecule has 0 saturated carbocycles. The smallest absolute Gasteiger partial charge is 0.354 e. The van der Waals surface area contributed by atoms with E-state index in [4.69, 9.17) is 16.3 Å².